The summed E-state index contributed by atoms with van der Waals surface area (Å²) in [5.74, 6) is 0.936. The van der Waals surface area contributed by atoms with E-state index in [1.165, 1.54) is 0 Å². The number of ether oxygens (including phenoxy) is 2. The van der Waals surface area contributed by atoms with Crippen LogP contribution in [-0.2, 0) is 16.0 Å². The van der Waals surface area contributed by atoms with E-state index in [2.05, 4.69) is 28.2 Å². The Morgan fingerprint density at radius 1 is 1.26 bits per heavy atom. The summed E-state index contributed by atoms with van der Waals surface area (Å²) in [5, 5.41) is 3.23. The summed E-state index contributed by atoms with van der Waals surface area (Å²) in [6.07, 6.45) is 0.309. The van der Waals surface area contributed by atoms with Gasteiger partial charge in [0.2, 0.25) is 0 Å². The predicted octanol–water partition coefficient (Wildman–Crippen LogP) is 1.36. The molecule has 0 amide bonds. The Labute approximate surface area is 114 Å². The maximum absolute atomic E-state index is 5.45. The molecule has 0 aliphatic carbocycles. The van der Waals surface area contributed by atoms with Gasteiger partial charge in [-0.05, 0) is 19.1 Å². The molecule has 0 saturated carbocycles. The van der Waals surface area contributed by atoms with Crippen LogP contribution < -0.4 is 5.32 Å². The van der Waals surface area contributed by atoms with E-state index in [9.17, 15) is 0 Å². The van der Waals surface area contributed by atoms with Crippen LogP contribution in [0.15, 0.2) is 18.2 Å². The van der Waals surface area contributed by atoms with Gasteiger partial charge in [0, 0.05) is 40.4 Å². The van der Waals surface area contributed by atoms with E-state index >= 15 is 0 Å². The summed E-state index contributed by atoms with van der Waals surface area (Å²) >= 11 is 0. The lowest BCUT2D eigenvalue weighted by molar-refractivity contribution is -0.00461. The van der Waals surface area contributed by atoms with Crippen molar-refractivity contribution >= 4 is 5.82 Å². The Morgan fingerprint density at radius 2 is 1.95 bits per heavy atom. The zero-order chi connectivity index (χ0) is 13.7. The van der Waals surface area contributed by atoms with E-state index in [1.807, 2.05) is 12.1 Å². The van der Waals surface area contributed by atoms with Crippen molar-refractivity contribution in [3.63, 3.8) is 0 Å². The third kappa shape index (κ3) is 3.65. The van der Waals surface area contributed by atoms with Crippen molar-refractivity contribution in [2.45, 2.75) is 25.7 Å². The standard InChI is InChI=1S/C14H23N3O2/c1-4-15-14-7-5-6-11(16-14)8-17-9-12(18-2)13(10-17)19-3/h5-7,12-13H,4,8-10H2,1-3H3,(H,15,16). The van der Waals surface area contributed by atoms with E-state index in [0.29, 0.717) is 0 Å². The fourth-order valence-corrected chi connectivity index (χ4v) is 2.48. The maximum atomic E-state index is 5.45. The Morgan fingerprint density at radius 3 is 2.53 bits per heavy atom. The zero-order valence-electron chi connectivity index (χ0n) is 11.9. The highest BCUT2D eigenvalue weighted by atomic mass is 16.5. The SMILES string of the molecule is CCNc1cccc(CN2CC(OC)C(OC)C2)n1. The third-order valence-corrected chi connectivity index (χ3v) is 3.45. The number of nitrogens with one attached hydrogen (secondary N) is 1. The molecule has 1 N–H and O–H groups in total. The van der Waals surface area contributed by atoms with Crippen LogP contribution in [0.1, 0.15) is 12.6 Å². The second-order valence-corrected chi connectivity index (χ2v) is 4.79. The molecule has 2 unspecified atom stereocenters. The fourth-order valence-electron chi connectivity index (χ4n) is 2.48. The molecule has 0 aromatic carbocycles. The fraction of sp³-hybridized carbons (Fsp3) is 0.643. The summed E-state index contributed by atoms with van der Waals surface area (Å²) in [5.41, 5.74) is 1.07. The number of aromatic nitrogens is 1. The number of hydrogen-bond acceptors (Lipinski definition) is 5. The topological polar surface area (TPSA) is 46.6 Å². The van der Waals surface area contributed by atoms with Gasteiger partial charge in [0.15, 0.2) is 0 Å². The van der Waals surface area contributed by atoms with Crippen LogP contribution in [0.25, 0.3) is 0 Å². The van der Waals surface area contributed by atoms with Crippen molar-refractivity contribution in [2.75, 3.05) is 39.2 Å². The summed E-state index contributed by atoms with van der Waals surface area (Å²) in [7, 11) is 3.48. The normalized spacial score (nSPS) is 23.7. The Hall–Kier alpha value is -1.17. The van der Waals surface area contributed by atoms with Crippen LogP contribution in [0.3, 0.4) is 0 Å². The molecule has 106 valence electrons. The lowest BCUT2D eigenvalue weighted by Crippen LogP contribution is -2.27. The van der Waals surface area contributed by atoms with E-state index in [-0.39, 0.29) is 12.2 Å². The van der Waals surface area contributed by atoms with Gasteiger partial charge < -0.3 is 14.8 Å². The lowest BCUT2D eigenvalue weighted by atomic mass is 10.3. The summed E-state index contributed by atoms with van der Waals surface area (Å²) in [4.78, 5) is 6.91. The molecule has 1 aliphatic heterocycles. The van der Waals surface area contributed by atoms with Crippen LogP contribution in [0.4, 0.5) is 5.82 Å². The molecule has 1 aromatic heterocycles. The smallest absolute Gasteiger partial charge is 0.126 e. The van der Waals surface area contributed by atoms with Crippen LogP contribution >= 0.6 is 0 Å². The molecule has 1 fully saturated rings. The largest absolute Gasteiger partial charge is 0.377 e. The number of rotatable bonds is 6. The first-order valence-electron chi connectivity index (χ1n) is 6.74. The van der Waals surface area contributed by atoms with Crippen molar-refractivity contribution in [1.29, 1.82) is 0 Å². The lowest BCUT2D eigenvalue weighted by Gasteiger charge is -2.15. The van der Waals surface area contributed by atoms with Crippen molar-refractivity contribution < 1.29 is 9.47 Å². The van der Waals surface area contributed by atoms with E-state index in [1.54, 1.807) is 14.2 Å². The average Bonchev–Trinajstić information content (AvgIpc) is 2.81. The summed E-state index contributed by atoms with van der Waals surface area (Å²) in [6.45, 7) is 5.57. The average molecular weight is 265 g/mol. The number of anilines is 1. The third-order valence-electron chi connectivity index (χ3n) is 3.45. The molecule has 1 aromatic rings. The molecule has 0 radical (unpaired) electrons. The first kappa shape index (κ1) is 14.2. The summed E-state index contributed by atoms with van der Waals surface area (Å²) < 4.78 is 10.9. The van der Waals surface area contributed by atoms with Crippen LogP contribution in [0, 0.1) is 0 Å². The van der Waals surface area contributed by atoms with Crippen LogP contribution in [0.2, 0.25) is 0 Å². The number of nitrogens with zero attached hydrogens (tertiary/aromatic N) is 2. The van der Waals surface area contributed by atoms with Crippen LogP contribution in [0.5, 0.6) is 0 Å². The number of hydrogen-bond donors (Lipinski definition) is 1. The second kappa shape index (κ2) is 6.84. The van der Waals surface area contributed by atoms with Gasteiger partial charge in [-0.1, -0.05) is 6.07 Å². The molecule has 0 bridgehead atoms. The van der Waals surface area contributed by atoms with Crippen molar-refractivity contribution in [3.8, 4) is 0 Å². The van der Waals surface area contributed by atoms with E-state index in [4.69, 9.17) is 9.47 Å². The minimum atomic E-state index is 0.155. The van der Waals surface area contributed by atoms with Crippen molar-refractivity contribution in [2.24, 2.45) is 0 Å². The number of likely N-dealkylation sites (tertiary alicyclic amines) is 1. The molecular formula is C14H23N3O2. The highest BCUT2D eigenvalue weighted by Gasteiger charge is 2.32. The number of methoxy groups -OCH3 is 2. The molecule has 2 heterocycles. The number of pyridine rings is 1. The maximum Gasteiger partial charge on any atom is 0.126 e. The van der Waals surface area contributed by atoms with Crippen LogP contribution in [-0.4, -0.2) is 55.9 Å². The van der Waals surface area contributed by atoms with Gasteiger partial charge in [-0.3, -0.25) is 4.90 Å². The molecule has 1 saturated heterocycles. The first-order chi connectivity index (χ1) is 9.26. The van der Waals surface area contributed by atoms with E-state index < -0.39 is 0 Å². The Kier molecular flexibility index (Phi) is 5.13. The molecular weight excluding hydrogens is 242 g/mol. The van der Waals surface area contributed by atoms with Gasteiger partial charge in [0.25, 0.3) is 0 Å². The molecule has 0 spiro atoms. The summed E-state index contributed by atoms with van der Waals surface area (Å²) in [6, 6.07) is 6.09. The van der Waals surface area contributed by atoms with E-state index in [0.717, 1.165) is 37.7 Å². The van der Waals surface area contributed by atoms with Gasteiger partial charge >= 0.3 is 0 Å². The van der Waals surface area contributed by atoms with Gasteiger partial charge in [-0.2, -0.15) is 0 Å². The first-order valence-corrected chi connectivity index (χ1v) is 6.74. The predicted molar refractivity (Wildman–Crippen MR) is 75.3 cm³/mol. The molecule has 5 heteroatoms. The molecule has 5 nitrogen and oxygen atoms in total. The minimum absolute atomic E-state index is 0.155. The van der Waals surface area contributed by atoms with Gasteiger partial charge in [-0.25, -0.2) is 4.98 Å². The molecule has 2 rings (SSSR count). The Balaban J connectivity index is 1.96. The van der Waals surface area contributed by atoms with Gasteiger partial charge in [0.05, 0.1) is 17.9 Å². The highest BCUT2D eigenvalue weighted by Crippen LogP contribution is 2.18. The molecule has 1 aliphatic rings. The molecule has 2 atom stereocenters. The van der Waals surface area contributed by atoms with Gasteiger partial charge in [-0.15, -0.1) is 0 Å². The van der Waals surface area contributed by atoms with Crippen molar-refractivity contribution in [1.82, 2.24) is 9.88 Å². The second-order valence-electron chi connectivity index (χ2n) is 4.79. The van der Waals surface area contributed by atoms with Gasteiger partial charge in [0.1, 0.15) is 5.82 Å². The minimum Gasteiger partial charge on any atom is -0.377 e. The highest BCUT2D eigenvalue weighted by molar-refractivity contribution is 5.35. The van der Waals surface area contributed by atoms with Crippen molar-refractivity contribution in [3.05, 3.63) is 23.9 Å². The quantitative estimate of drug-likeness (QED) is 0.841. The Bertz CT molecular complexity index is 388. The molecule has 19 heavy (non-hydrogen) atoms. The monoisotopic (exact) mass is 265 g/mol. The zero-order valence-corrected chi connectivity index (χ0v) is 11.9.